The molecule has 1 aliphatic rings. The molecule has 0 aliphatic heterocycles. The van der Waals surface area contributed by atoms with Crippen LogP contribution in [0.15, 0.2) is 17.3 Å². The molecular formula is C9H14N2OS. The Morgan fingerprint density at radius 3 is 3.00 bits per heavy atom. The monoisotopic (exact) mass is 198 g/mol. The number of thioether (sulfide) groups is 1. The minimum atomic E-state index is -0.120. The van der Waals surface area contributed by atoms with Crippen molar-refractivity contribution in [3.05, 3.63) is 12.4 Å². The van der Waals surface area contributed by atoms with Crippen molar-refractivity contribution in [3.63, 3.8) is 0 Å². The van der Waals surface area contributed by atoms with E-state index >= 15 is 0 Å². The normalized spacial score (nSPS) is 28.2. The van der Waals surface area contributed by atoms with Crippen molar-refractivity contribution in [1.29, 1.82) is 0 Å². The molecule has 72 valence electrons. The third-order valence-electron chi connectivity index (χ3n) is 2.39. The summed E-state index contributed by atoms with van der Waals surface area (Å²) in [6.45, 7) is 0. The van der Waals surface area contributed by atoms with Crippen molar-refractivity contribution >= 4 is 11.8 Å². The summed E-state index contributed by atoms with van der Waals surface area (Å²) >= 11 is 1.75. The van der Waals surface area contributed by atoms with E-state index in [0.29, 0.717) is 5.25 Å². The summed E-state index contributed by atoms with van der Waals surface area (Å²) in [5, 5.41) is 14.1. The Labute approximate surface area is 82.1 Å². The van der Waals surface area contributed by atoms with Gasteiger partial charge in [0.15, 0.2) is 0 Å². The van der Waals surface area contributed by atoms with Crippen LogP contribution in [0.3, 0.4) is 0 Å². The van der Waals surface area contributed by atoms with E-state index in [4.69, 9.17) is 0 Å². The van der Waals surface area contributed by atoms with E-state index in [1.54, 1.807) is 16.4 Å². The molecule has 1 N–H and O–H groups in total. The highest BCUT2D eigenvalue weighted by Crippen LogP contribution is 2.34. The molecule has 4 heteroatoms. The van der Waals surface area contributed by atoms with Gasteiger partial charge in [0, 0.05) is 23.4 Å². The maximum absolute atomic E-state index is 9.61. The number of hydrogen-bond donors (Lipinski definition) is 1. The molecule has 1 fully saturated rings. The molecule has 0 saturated heterocycles. The van der Waals surface area contributed by atoms with Gasteiger partial charge in [-0.25, -0.2) is 0 Å². The van der Waals surface area contributed by atoms with Gasteiger partial charge in [-0.3, -0.25) is 4.68 Å². The summed E-state index contributed by atoms with van der Waals surface area (Å²) in [6, 6.07) is 0. The summed E-state index contributed by atoms with van der Waals surface area (Å²) < 4.78 is 1.80. The molecule has 2 rings (SSSR count). The predicted molar refractivity (Wildman–Crippen MR) is 52.7 cm³/mol. The first-order valence-electron chi connectivity index (χ1n) is 4.59. The van der Waals surface area contributed by atoms with E-state index < -0.39 is 0 Å². The van der Waals surface area contributed by atoms with Crippen LogP contribution in [-0.2, 0) is 7.05 Å². The van der Waals surface area contributed by atoms with Gasteiger partial charge < -0.3 is 5.11 Å². The van der Waals surface area contributed by atoms with E-state index in [1.807, 2.05) is 19.4 Å². The molecule has 0 amide bonds. The number of rotatable bonds is 2. The zero-order valence-electron chi connectivity index (χ0n) is 7.68. The first kappa shape index (κ1) is 9.09. The molecule has 1 aromatic rings. The highest BCUT2D eigenvalue weighted by atomic mass is 32.2. The Bertz CT molecular complexity index is 287. The fourth-order valence-electron chi connectivity index (χ4n) is 1.68. The second kappa shape index (κ2) is 3.72. The van der Waals surface area contributed by atoms with Crippen molar-refractivity contribution < 1.29 is 5.11 Å². The maximum atomic E-state index is 9.61. The average molecular weight is 198 g/mol. The molecule has 1 heterocycles. The van der Waals surface area contributed by atoms with Gasteiger partial charge in [0.1, 0.15) is 0 Å². The highest BCUT2D eigenvalue weighted by Gasteiger charge is 2.26. The van der Waals surface area contributed by atoms with Crippen molar-refractivity contribution in [1.82, 2.24) is 9.78 Å². The summed E-state index contributed by atoms with van der Waals surface area (Å²) in [6.07, 6.45) is 6.97. The Balaban J connectivity index is 1.97. The van der Waals surface area contributed by atoms with Crippen molar-refractivity contribution in [2.75, 3.05) is 0 Å². The van der Waals surface area contributed by atoms with Crippen LogP contribution in [0.25, 0.3) is 0 Å². The summed E-state index contributed by atoms with van der Waals surface area (Å²) in [4.78, 5) is 1.16. The molecule has 3 nitrogen and oxygen atoms in total. The molecule has 0 unspecified atom stereocenters. The summed E-state index contributed by atoms with van der Waals surface area (Å²) in [5.41, 5.74) is 0. The van der Waals surface area contributed by atoms with Gasteiger partial charge in [-0.2, -0.15) is 5.10 Å². The van der Waals surface area contributed by atoms with Crippen molar-refractivity contribution in [3.8, 4) is 0 Å². The molecule has 0 aromatic carbocycles. The van der Waals surface area contributed by atoms with Gasteiger partial charge in [-0.1, -0.05) is 0 Å². The number of aliphatic hydroxyl groups is 1. The van der Waals surface area contributed by atoms with Crippen LogP contribution >= 0.6 is 11.8 Å². The molecule has 1 aliphatic carbocycles. The van der Waals surface area contributed by atoms with Crippen molar-refractivity contribution in [2.45, 2.75) is 35.5 Å². The zero-order valence-corrected chi connectivity index (χ0v) is 8.50. The lowest BCUT2D eigenvalue weighted by Gasteiger charge is -2.11. The molecule has 2 atom stereocenters. The molecule has 13 heavy (non-hydrogen) atoms. The summed E-state index contributed by atoms with van der Waals surface area (Å²) in [5.74, 6) is 0. The van der Waals surface area contributed by atoms with Gasteiger partial charge in [-0.05, 0) is 19.3 Å². The minimum absolute atomic E-state index is 0.120. The lowest BCUT2D eigenvalue weighted by molar-refractivity contribution is 0.188. The fourth-order valence-corrected chi connectivity index (χ4v) is 2.93. The van der Waals surface area contributed by atoms with Crippen LogP contribution in [-0.4, -0.2) is 26.2 Å². The van der Waals surface area contributed by atoms with Crippen LogP contribution in [0, 0.1) is 0 Å². The zero-order chi connectivity index (χ0) is 9.26. The van der Waals surface area contributed by atoms with Crippen LogP contribution < -0.4 is 0 Å². The topological polar surface area (TPSA) is 38.0 Å². The third kappa shape index (κ3) is 2.06. The molecule has 0 bridgehead atoms. The molecular weight excluding hydrogens is 184 g/mol. The number of hydrogen-bond acceptors (Lipinski definition) is 3. The fraction of sp³-hybridized carbons (Fsp3) is 0.667. The van der Waals surface area contributed by atoms with Crippen LogP contribution in [0.2, 0.25) is 0 Å². The third-order valence-corrected chi connectivity index (χ3v) is 3.72. The standard InChI is InChI=1S/C9H14N2OS/c1-11-6-7(5-10-11)13-9-4-2-3-8(9)12/h5-6,8-9,12H,2-4H2,1H3/t8-,9-/m1/s1. The van der Waals surface area contributed by atoms with Gasteiger partial charge in [-0.15, -0.1) is 11.8 Å². The Morgan fingerprint density at radius 2 is 2.46 bits per heavy atom. The smallest absolute Gasteiger partial charge is 0.0662 e. The number of aryl methyl sites for hydroxylation is 1. The average Bonchev–Trinajstić information content (AvgIpc) is 2.64. The van der Waals surface area contributed by atoms with E-state index in [0.717, 1.165) is 24.2 Å². The Morgan fingerprint density at radius 1 is 1.62 bits per heavy atom. The first-order chi connectivity index (χ1) is 6.25. The van der Waals surface area contributed by atoms with E-state index in [9.17, 15) is 5.11 Å². The minimum Gasteiger partial charge on any atom is -0.392 e. The predicted octanol–water partition coefficient (Wildman–Crippen LogP) is 1.43. The van der Waals surface area contributed by atoms with Crippen LogP contribution in [0.1, 0.15) is 19.3 Å². The largest absolute Gasteiger partial charge is 0.392 e. The number of aliphatic hydroxyl groups excluding tert-OH is 1. The molecule has 0 spiro atoms. The SMILES string of the molecule is Cn1cc(S[C@@H]2CCC[C@H]2O)cn1. The molecule has 0 radical (unpaired) electrons. The van der Waals surface area contributed by atoms with Gasteiger partial charge in [0.05, 0.1) is 12.3 Å². The van der Waals surface area contributed by atoms with Gasteiger partial charge in [0.25, 0.3) is 0 Å². The first-order valence-corrected chi connectivity index (χ1v) is 5.47. The second-order valence-corrected chi connectivity index (χ2v) is 4.82. The Kier molecular flexibility index (Phi) is 2.60. The molecule has 1 saturated carbocycles. The van der Waals surface area contributed by atoms with Gasteiger partial charge >= 0.3 is 0 Å². The maximum Gasteiger partial charge on any atom is 0.0662 e. The van der Waals surface area contributed by atoms with E-state index in [1.165, 1.54) is 0 Å². The summed E-state index contributed by atoms with van der Waals surface area (Å²) in [7, 11) is 1.91. The van der Waals surface area contributed by atoms with Gasteiger partial charge in [0.2, 0.25) is 0 Å². The van der Waals surface area contributed by atoms with Crippen molar-refractivity contribution in [2.24, 2.45) is 7.05 Å². The highest BCUT2D eigenvalue weighted by molar-refractivity contribution is 8.00. The van der Waals surface area contributed by atoms with Crippen LogP contribution in [0.5, 0.6) is 0 Å². The van der Waals surface area contributed by atoms with E-state index in [2.05, 4.69) is 5.10 Å². The lowest BCUT2D eigenvalue weighted by Crippen LogP contribution is -2.14. The second-order valence-electron chi connectivity index (χ2n) is 3.50. The number of aromatic nitrogens is 2. The lowest BCUT2D eigenvalue weighted by atomic mass is 10.3. The quantitative estimate of drug-likeness (QED) is 0.781. The van der Waals surface area contributed by atoms with E-state index in [-0.39, 0.29) is 6.10 Å². The molecule has 1 aromatic heterocycles. The van der Waals surface area contributed by atoms with Crippen LogP contribution in [0.4, 0.5) is 0 Å². The Hall–Kier alpha value is -0.480. The number of nitrogens with zero attached hydrogens (tertiary/aromatic N) is 2.